The molecule has 1 fully saturated rings. The fourth-order valence-electron chi connectivity index (χ4n) is 1.57. The lowest BCUT2D eigenvalue weighted by atomic mass is 9.86. The van der Waals surface area contributed by atoms with Gasteiger partial charge in [-0.05, 0) is 12.3 Å². The molecule has 0 aliphatic carbocycles. The molecule has 1 rings (SSSR count). The first-order valence-electron chi connectivity index (χ1n) is 5.12. The molecule has 78 valence electrons. The fraction of sp³-hybridized carbons (Fsp3) is 1.00. The van der Waals surface area contributed by atoms with E-state index in [-0.39, 0.29) is 6.23 Å². The minimum atomic E-state index is 0.198. The topological polar surface area (TPSA) is 33.3 Å². The van der Waals surface area contributed by atoms with Gasteiger partial charge < -0.3 is 10.1 Å². The highest BCUT2D eigenvalue weighted by molar-refractivity contribution is 4.87. The highest BCUT2D eigenvalue weighted by Gasteiger charge is 2.28. The molecule has 0 radical (unpaired) electrons. The van der Waals surface area contributed by atoms with Crippen molar-refractivity contribution in [3.63, 3.8) is 0 Å². The lowest BCUT2D eigenvalue weighted by Gasteiger charge is -2.38. The smallest absolute Gasteiger partial charge is 0.120 e. The van der Waals surface area contributed by atoms with Gasteiger partial charge in [0.05, 0.1) is 0 Å². The zero-order valence-corrected chi connectivity index (χ0v) is 9.18. The van der Waals surface area contributed by atoms with Crippen LogP contribution in [0.2, 0.25) is 0 Å². The van der Waals surface area contributed by atoms with Gasteiger partial charge in [0.25, 0.3) is 0 Å². The molecular weight excluding hydrogens is 164 g/mol. The van der Waals surface area contributed by atoms with Crippen molar-refractivity contribution >= 4 is 0 Å². The minimum Gasteiger partial charge on any atom is -0.362 e. The maximum absolute atomic E-state index is 5.47. The number of nitrogens with one attached hydrogen (secondary N) is 2. The van der Waals surface area contributed by atoms with E-state index in [4.69, 9.17) is 4.74 Å². The normalized spacial score (nSPS) is 30.5. The summed E-state index contributed by atoms with van der Waals surface area (Å²) < 4.78 is 5.47. The molecule has 1 saturated heterocycles. The molecule has 0 saturated carbocycles. The Balaban J connectivity index is 2.30. The minimum absolute atomic E-state index is 0.198. The molecule has 1 heterocycles. The van der Waals surface area contributed by atoms with E-state index in [0.717, 1.165) is 19.7 Å². The molecule has 0 spiro atoms. The van der Waals surface area contributed by atoms with Gasteiger partial charge >= 0.3 is 0 Å². The summed E-state index contributed by atoms with van der Waals surface area (Å²) in [5.41, 5.74) is 0.324. The first-order chi connectivity index (χ1) is 6.04. The van der Waals surface area contributed by atoms with E-state index in [1.54, 1.807) is 0 Å². The third-order valence-electron chi connectivity index (χ3n) is 2.51. The molecule has 0 bridgehead atoms. The SMILES string of the molecule is CCOC1CNC(C(C)(C)C)CN1. The second-order valence-electron chi connectivity index (χ2n) is 4.68. The number of hydrogen-bond donors (Lipinski definition) is 2. The van der Waals surface area contributed by atoms with Crippen LogP contribution in [0.25, 0.3) is 0 Å². The zero-order chi connectivity index (χ0) is 9.90. The van der Waals surface area contributed by atoms with E-state index in [9.17, 15) is 0 Å². The van der Waals surface area contributed by atoms with Crippen LogP contribution in [-0.2, 0) is 4.74 Å². The fourth-order valence-corrected chi connectivity index (χ4v) is 1.57. The lowest BCUT2D eigenvalue weighted by molar-refractivity contribution is 0.0115. The second kappa shape index (κ2) is 4.40. The van der Waals surface area contributed by atoms with Crippen molar-refractivity contribution in [2.24, 2.45) is 5.41 Å². The molecule has 0 amide bonds. The van der Waals surface area contributed by atoms with Gasteiger partial charge in [-0.15, -0.1) is 0 Å². The molecular formula is C10H22N2O. The van der Waals surface area contributed by atoms with Crippen molar-refractivity contribution in [2.75, 3.05) is 19.7 Å². The van der Waals surface area contributed by atoms with Gasteiger partial charge in [0.2, 0.25) is 0 Å². The van der Waals surface area contributed by atoms with E-state index in [1.807, 2.05) is 6.92 Å². The van der Waals surface area contributed by atoms with Gasteiger partial charge in [-0.2, -0.15) is 0 Å². The molecule has 3 heteroatoms. The molecule has 2 unspecified atom stereocenters. The number of piperazine rings is 1. The Bertz CT molecular complexity index is 145. The van der Waals surface area contributed by atoms with Gasteiger partial charge in [-0.25, -0.2) is 0 Å². The Kier molecular flexibility index (Phi) is 3.71. The average molecular weight is 186 g/mol. The molecule has 13 heavy (non-hydrogen) atoms. The van der Waals surface area contributed by atoms with E-state index in [2.05, 4.69) is 31.4 Å². The first-order valence-corrected chi connectivity index (χ1v) is 5.12. The van der Waals surface area contributed by atoms with Crippen LogP contribution in [-0.4, -0.2) is 32.0 Å². The Hall–Kier alpha value is -0.120. The van der Waals surface area contributed by atoms with Gasteiger partial charge in [-0.1, -0.05) is 20.8 Å². The number of hydrogen-bond acceptors (Lipinski definition) is 3. The maximum atomic E-state index is 5.47. The standard InChI is InChI=1S/C10H22N2O/c1-5-13-9-7-11-8(6-12-9)10(2,3)4/h8-9,11-12H,5-7H2,1-4H3. The van der Waals surface area contributed by atoms with Crippen LogP contribution in [0.5, 0.6) is 0 Å². The largest absolute Gasteiger partial charge is 0.362 e. The number of ether oxygens (including phenoxy) is 1. The first kappa shape index (κ1) is 11.0. The summed E-state index contributed by atoms with van der Waals surface area (Å²) in [6.07, 6.45) is 0.198. The third-order valence-corrected chi connectivity index (χ3v) is 2.51. The van der Waals surface area contributed by atoms with Crippen LogP contribution < -0.4 is 10.6 Å². The predicted octanol–water partition coefficient (Wildman–Crippen LogP) is 0.956. The van der Waals surface area contributed by atoms with Crippen molar-refractivity contribution < 1.29 is 4.74 Å². The van der Waals surface area contributed by atoms with Crippen LogP contribution in [0.1, 0.15) is 27.7 Å². The summed E-state index contributed by atoms with van der Waals surface area (Å²) >= 11 is 0. The molecule has 2 N–H and O–H groups in total. The maximum Gasteiger partial charge on any atom is 0.120 e. The van der Waals surface area contributed by atoms with Crippen molar-refractivity contribution in [3.8, 4) is 0 Å². The monoisotopic (exact) mass is 186 g/mol. The van der Waals surface area contributed by atoms with Crippen LogP contribution in [0.4, 0.5) is 0 Å². The summed E-state index contributed by atoms with van der Waals surface area (Å²) in [4.78, 5) is 0. The zero-order valence-electron chi connectivity index (χ0n) is 9.18. The summed E-state index contributed by atoms with van der Waals surface area (Å²) in [5.74, 6) is 0. The number of rotatable bonds is 2. The van der Waals surface area contributed by atoms with Crippen LogP contribution >= 0.6 is 0 Å². The van der Waals surface area contributed by atoms with Gasteiger partial charge in [-0.3, -0.25) is 5.32 Å². The molecule has 2 atom stereocenters. The molecule has 0 aromatic heterocycles. The summed E-state index contributed by atoms with van der Waals surface area (Å²) in [5, 5.41) is 6.90. The lowest BCUT2D eigenvalue weighted by Crippen LogP contribution is -2.59. The highest BCUT2D eigenvalue weighted by atomic mass is 16.5. The molecule has 0 aromatic rings. The Morgan fingerprint density at radius 3 is 2.31 bits per heavy atom. The Labute approximate surface area is 81.2 Å². The van der Waals surface area contributed by atoms with E-state index in [1.165, 1.54) is 0 Å². The summed E-state index contributed by atoms with van der Waals surface area (Å²) in [6.45, 7) is 11.5. The molecule has 1 aliphatic rings. The van der Waals surface area contributed by atoms with Crippen LogP contribution in [0.15, 0.2) is 0 Å². The Morgan fingerprint density at radius 2 is 1.92 bits per heavy atom. The van der Waals surface area contributed by atoms with Crippen molar-refractivity contribution in [1.82, 2.24) is 10.6 Å². The van der Waals surface area contributed by atoms with Gasteiger partial charge in [0.15, 0.2) is 0 Å². The van der Waals surface area contributed by atoms with Gasteiger partial charge in [0.1, 0.15) is 6.23 Å². The van der Waals surface area contributed by atoms with Crippen molar-refractivity contribution in [2.45, 2.75) is 40.0 Å². The second-order valence-corrected chi connectivity index (χ2v) is 4.68. The van der Waals surface area contributed by atoms with Crippen LogP contribution in [0, 0.1) is 5.41 Å². The molecule has 1 aliphatic heterocycles. The van der Waals surface area contributed by atoms with E-state index < -0.39 is 0 Å². The third kappa shape index (κ3) is 3.25. The highest BCUT2D eigenvalue weighted by Crippen LogP contribution is 2.20. The van der Waals surface area contributed by atoms with Crippen molar-refractivity contribution in [1.29, 1.82) is 0 Å². The summed E-state index contributed by atoms with van der Waals surface area (Å²) in [6, 6.07) is 0.546. The summed E-state index contributed by atoms with van der Waals surface area (Å²) in [7, 11) is 0. The van der Waals surface area contributed by atoms with Crippen molar-refractivity contribution in [3.05, 3.63) is 0 Å². The predicted molar refractivity (Wildman–Crippen MR) is 54.7 cm³/mol. The van der Waals surface area contributed by atoms with Crippen LogP contribution in [0.3, 0.4) is 0 Å². The van der Waals surface area contributed by atoms with Gasteiger partial charge in [0, 0.05) is 25.7 Å². The van der Waals surface area contributed by atoms with E-state index in [0.29, 0.717) is 11.5 Å². The Morgan fingerprint density at radius 1 is 1.23 bits per heavy atom. The van der Waals surface area contributed by atoms with E-state index >= 15 is 0 Å². The average Bonchev–Trinajstić information content (AvgIpc) is 2.04. The molecule has 3 nitrogen and oxygen atoms in total. The molecule has 0 aromatic carbocycles. The quantitative estimate of drug-likeness (QED) is 0.674.